The predicted octanol–water partition coefficient (Wildman–Crippen LogP) is -0.601. The molecule has 2 N–H and O–H groups in total. The molecule has 0 saturated heterocycles. The number of rotatable bonds is 5. The minimum absolute atomic E-state index is 0.650. The van der Waals surface area contributed by atoms with E-state index in [1.54, 1.807) is 0 Å². The lowest BCUT2D eigenvalue weighted by atomic mass is 10.3. The Morgan fingerprint density at radius 3 is 2.07 bits per heavy atom. The molecular formula is C8H15NO5S. The fourth-order valence-corrected chi connectivity index (χ4v) is 1.48. The highest BCUT2D eigenvalue weighted by Gasteiger charge is 2.22. The van der Waals surface area contributed by atoms with Crippen molar-refractivity contribution < 1.29 is 23.1 Å². The highest BCUT2D eigenvalue weighted by Crippen LogP contribution is 2.00. The van der Waals surface area contributed by atoms with Crippen LogP contribution in [-0.2, 0) is 19.4 Å². The van der Waals surface area contributed by atoms with Crippen molar-refractivity contribution >= 4 is 21.7 Å². The van der Waals surface area contributed by atoms with Crippen molar-refractivity contribution in [2.24, 2.45) is 0 Å². The molecule has 1 atom stereocenters. The van der Waals surface area contributed by atoms with E-state index in [2.05, 4.69) is 5.32 Å². The molecule has 0 aliphatic carbocycles. The van der Waals surface area contributed by atoms with Crippen LogP contribution >= 0.6 is 0 Å². The summed E-state index contributed by atoms with van der Waals surface area (Å²) >= 11 is 0. The van der Waals surface area contributed by atoms with E-state index in [9.17, 15) is 18.0 Å². The number of carboxylic acid groups (broad SMARTS) is 1. The summed E-state index contributed by atoms with van der Waals surface area (Å²) in [5, 5.41) is 9.90. The Hall–Kier alpha value is -1.11. The van der Waals surface area contributed by atoms with Gasteiger partial charge in [0.1, 0.15) is 11.8 Å². The van der Waals surface area contributed by atoms with Crippen LogP contribution in [0.25, 0.3) is 0 Å². The molecule has 0 bridgehead atoms. The predicted molar refractivity (Wildman–Crippen MR) is 54.2 cm³/mol. The van der Waals surface area contributed by atoms with Crippen LogP contribution in [0.15, 0.2) is 0 Å². The van der Waals surface area contributed by atoms with Gasteiger partial charge >= 0.3 is 5.97 Å². The number of nitrogens with one attached hydrogen (secondary N) is 1. The first kappa shape index (κ1) is 13.9. The molecule has 0 aromatic heterocycles. The van der Waals surface area contributed by atoms with Gasteiger partial charge < -0.3 is 10.4 Å². The first-order chi connectivity index (χ1) is 6.66. The molecule has 0 aromatic rings. The minimum atomic E-state index is -3.47. The molecular weight excluding hydrogens is 222 g/mol. The van der Waals surface area contributed by atoms with Gasteiger partial charge in [-0.15, -0.1) is 0 Å². The molecule has 0 aliphatic heterocycles. The van der Waals surface area contributed by atoms with Gasteiger partial charge in [0.05, 0.1) is 5.25 Å². The quantitative estimate of drug-likeness (QED) is 0.665. The van der Waals surface area contributed by atoms with E-state index in [1.807, 2.05) is 0 Å². The highest BCUT2D eigenvalue weighted by atomic mass is 32.2. The molecule has 0 radical (unpaired) electrons. The van der Waals surface area contributed by atoms with E-state index in [0.717, 1.165) is 0 Å². The third-order valence-corrected chi connectivity index (χ3v) is 3.90. The summed E-state index contributed by atoms with van der Waals surface area (Å²) in [5.74, 6) is -2.67. The van der Waals surface area contributed by atoms with Gasteiger partial charge in [-0.2, -0.15) is 0 Å². The summed E-state index contributed by atoms with van der Waals surface area (Å²) in [5.41, 5.74) is 0. The van der Waals surface area contributed by atoms with Crippen LogP contribution in [0.2, 0.25) is 0 Å². The normalized spacial score (nSPS) is 13.6. The van der Waals surface area contributed by atoms with Gasteiger partial charge in [-0.25, -0.2) is 8.42 Å². The van der Waals surface area contributed by atoms with Crippen LogP contribution in [0.3, 0.4) is 0 Å². The van der Waals surface area contributed by atoms with E-state index >= 15 is 0 Å². The summed E-state index contributed by atoms with van der Waals surface area (Å²) < 4.78 is 22.6. The van der Waals surface area contributed by atoms with Crippen molar-refractivity contribution in [1.82, 2.24) is 5.32 Å². The van der Waals surface area contributed by atoms with Crippen LogP contribution in [0, 0.1) is 0 Å². The largest absolute Gasteiger partial charge is 0.480 e. The van der Waals surface area contributed by atoms with Crippen LogP contribution in [0.4, 0.5) is 0 Å². The lowest BCUT2D eigenvalue weighted by Crippen LogP contribution is -2.42. The number of hydrogen-bond acceptors (Lipinski definition) is 4. The van der Waals surface area contributed by atoms with Crippen molar-refractivity contribution in [3.05, 3.63) is 0 Å². The highest BCUT2D eigenvalue weighted by molar-refractivity contribution is 7.92. The number of aliphatic carboxylic acids is 1. The van der Waals surface area contributed by atoms with E-state index in [-0.39, 0.29) is 0 Å². The second-order valence-electron chi connectivity index (χ2n) is 3.48. The number of hydrogen-bond donors (Lipinski definition) is 2. The Bertz CT molecular complexity index is 346. The maximum absolute atomic E-state index is 11.3. The molecule has 0 spiro atoms. The van der Waals surface area contributed by atoms with Crippen LogP contribution in [-0.4, -0.2) is 42.4 Å². The lowest BCUT2D eigenvalue weighted by Gasteiger charge is -2.10. The van der Waals surface area contributed by atoms with E-state index < -0.39 is 38.8 Å². The maximum atomic E-state index is 11.3. The van der Waals surface area contributed by atoms with Gasteiger partial charge in [0.25, 0.3) is 0 Å². The van der Waals surface area contributed by atoms with E-state index in [1.165, 1.54) is 20.8 Å². The third-order valence-electron chi connectivity index (χ3n) is 1.80. The molecule has 15 heavy (non-hydrogen) atoms. The Kier molecular flexibility index (Phi) is 4.73. The van der Waals surface area contributed by atoms with Crippen LogP contribution in [0.1, 0.15) is 20.8 Å². The first-order valence-electron chi connectivity index (χ1n) is 4.40. The van der Waals surface area contributed by atoms with Crippen molar-refractivity contribution in [2.75, 3.05) is 5.75 Å². The number of carboxylic acids is 1. The zero-order valence-corrected chi connectivity index (χ0v) is 9.67. The summed E-state index contributed by atoms with van der Waals surface area (Å²) in [6.45, 7) is 4.19. The Morgan fingerprint density at radius 2 is 1.73 bits per heavy atom. The molecule has 6 nitrogen and oxygen atoms in total. The average molecular weight is 237 g/mol. The standard InChI is InChI=1S/C8H15NO5S/c1-5(2)15(13,14)4-7(10)9-6(3)8(11)12/h5-6H,4H2,1-3H3,(H,9,10)(H,11,12)/t6-/m1/s1. The SMILES string of the molecule is CC(C)S(=O)(=O)CC(=O)N[C@H](C)C(=O)O. The number of sulfone groups is 1. The fraction of sp³-hybridized carbons (Fsp3) is 0.750. The fourth-order valence-electron chi connectivity index (χ4n) is 0.694. The molecule has 0 heterocycles. The van der Waals surface area contributed by atoms with Crippen molar-refractivity contribution in [2.45, 2.75) is 32.1 Å². The van der Waals surface area contributed by atoms with Crippen LogP contribution in [0.5, 0.6) is 0 Å². The van der Waals surface area contributed by atoms with Gasteiger partial charge in [-0.1, -0.05) is 0 Å². The average Bonchev–Trinajstić information content (AvgIpc) is 2.01. The minimum Gasteiger partial charge on any atom is -0.480 e. The topological polar surface area (TPSA) is 101 Å². The number of carbonyl (C=O) groups is 2. The Morgan fingerprint density at radius 1 is 1.27 bits per heavy atom. The molecule has 0 rings (SSSR count). The molecule has 0 unspecified atom stereocenters. The Labute approximate surface area is 88.6 Å². The van der Waals surface area contributed by atoms with Crippen LogP contribution < -0.4 is 5.32 Å². The zero-order valence-electron chi connectivity index (χ0n) is 8.85. The second kappa shape index (κ2) is 5.11. The third kappa shape index (κ3) is 4.78. The van der Waals surface area contributed by atoms with Crippen molar-refractivity contribution in [3.8, 4) is 0 Å². The van der Waals surface area contributed by atoms with Crippen molar-refractivity contribution in [3.63, 3.8) is 0 Å². The van der Waals surface area contributed by atoms with Crippen molar-refractivity contribution in [1.29, 1.82) is 0 Å². The van der Waals surface area contributed by atoms with Gasteiger partial charge in [0, 0.05) is 0 Å². The molecule has 0 aromatic carbocycles. The summed E-state index contributed by atoms with van der Waals surface area (Å²) in [7, 11) is -3.47. The molecule has 0 fully saturated rings. The smallest absolute Gasteiger partial charge is 0.325 e. The lowest BCUT2D eigenvalue weighted by molar-refractivity contribution is -0.140. The maximum Gasteiger partial charge on any atom is 0.325 e. The molecule has 1 amide bonds. The monoisotopic (exact) mass is 237 g/mol. The first-order valence-corrected chi connectivity index (χ1v) is 6.12. The molecule has 88 valence electrons. The Balaban J connectivity index is 4.35. The molecule has 0 saturated carbocycles. The van der Waals surface area contributed by atoms with Gasteiger partial charge in [0.15, 0.2) is 9.84 Å². The van der Waals surface area contributed by atoms with Gasteiger partial charge in [0.2, 0.25) is 5.91 Å². The summed E-state index contributed by atoms with van der Waals surface area (Å²) in [4.78, 5) is 21.5. The molecule has 0 aliphatic rings. The van der Waals surface area contributed by atoms with E-state index in [4.69, 9.17) is 5.11 Å². The molecule has 7 heteroatoms. The number of amides is 1. The number of carbonyl (C=O) groups excluding carboxylic acids is 1. The summed E-state index contributed by atoms with van der Waals surface area (Å²) in [6, 6.07) is -1.08. The van der Waals surface area contributed by atoms with E-state index in [0.29, 0.717) is 0 Å². The van der Waals surface area contributed by atoms with Gasteiger partial charge in [-0.05, 0) is 20.8 Å². The second-order valence-corrected chi connectivity index (χ2v) is 6.04. The zero-order chi connectivity index (χ0) is 12.2. The van der Waals surface area contributed by atoms with Gasteiger partial charge in [-0.3, -0.25) is 9.59 Å². The summed E-state index contributed by atoms with van der Waals surface area (Å²) in [6.07, 6.45) is 0.